The van der Waals surface area contributed by atoms with Gasteiger partial charge in [-0.2, -0.15) is 4.73 Å². The second-order valence-electron chi connectivity index (χ2n) is 8.43. The normalized spacial score (nSPS) is 11.6. The Morgan fingerprint density at radius 1 is 0.968 bits per heavy atom. The second kappa shape index (κ2) is 8.08. The van der Waals surface area contributed by atoms with Gasteiger partial charge in [0.2, 0.25) is 5.52 Å². The number of hydrogen-bond acceptors (Lipinski definition) is 3. The van der Waals surface area contributed by atoms with Gasteiger partial charge in [0, 0.05) is 6.07 Å². The minimum Gasteiger partial charge on any atom is -0.618 e. The topological polar surface area (TPSA) is 58.2 Å². The summed E-state index contributed by atoms with van der Waals surface area (Å²) in [6.45, 7) is 6.65. The van der Waals surface area contributed by atoms with Crippen molar-refractivity contribution in [2.24, 2.45) is 0 Å². The maximum Gasteiger partial charge on any atom is 0.357 e. The van der Waals surface area contributed by atoms with E-state index >= 15 is 0 Å². The van der Waals surface area contributed by atoms with Crippen LogP contribution in [0.5, 0.6) is 0 Å². The highest BCUT2D eigenvalue weighted by molar-refractivity contribution is 6.33. The molecule has 0 saturated carbocycles. The Morgan fingerprint density at radius 3 is 2.29 bits per heavy atom. The average molecular weight is 435 g/mol. The predicted octanol–water partition coefficient (Wildman–Crippen LogP) is 4.88. The first-order chi connectivity index (χ1) is 14.8. The highest BCUT2D eigenvalue weighted by Crippen LogP contribution is 2.24. The summed E-state index contributed by atoms with van der Waals surface area (Å²) in [7, 11) is 0. The third kappa shape index (κ3) is 4.01. The molecule has 1 heterocycles. The number of para-hydroxylation sites is 2. The van der Waals surface area contributed by atoms with Crippen molar-refractivity contribution >= 4 is 22.6 Å². The highest BCUT2D eigenvalue weighted by atomic mass is 35.5. The maximum atomic E-state index is 13.3. The average Bonchev–Trinajstić information content (AvgIpc) is 2.75. The van der Waals surface area contributed by atoms with Crippen LogP contribution in [0, 0.1) is 5.21 Å². The van der Waals surface area contributed by atoms with Gasteiger partial charge in [-0.3, -0.25) is 4.79 Å². The minimum absolute atomic E-state index is 0.0531. The number of hydrogen-bond donors (Lipinski definition) is 0. The van der Waals surface area contributed by atoms with Crippen molar-refractivity contribution in [3.63, 3.8) is 0 Å². The maximum absolute atomic E-state index is 13.3. The number of nitrogens with zero attached hydrogens (tertiary/aromatic N) is 2. The molecule has 31 heavy (non-hydrogen) atoms. The van der Waals surface area contributed by atoms with Gasteiger partial charge >= 0.3 is 5.56 Å². The van der Waals surface area contributed by atoms with Crippen LogP contribution in [0.15, 0.2) is 77.6 Å². The van der Waals surface area contributed by atoms with Crippen LogP contribution < -0.4 is 15.1 Å². The number of aromatic nitrogens is 2. The lowest BCUT2D eigenvalue weighted by molar-refractivity contribution is -0.566. The van der Waals surface area contributed by atoms with E-state index in [1.165, 1.54) is 10.3 Å². The van der Waals surface area contributed by atoms with Gasteiger partial charge < -0.3 is 10.0 Å². The van der Waals surface area contributed by atoms with Gasteiger partial charge in [-0.15, -0.1) is 4.73 Å². The molecule has 0 aliphatic rings. The lowest BCUT2D eigenvalue weighted by atomic mass is 9.87. The molecule has 5 nitrogen and oxygen atoms in total. The number of rotatable bonds is 4. The Balaban J connectivity index is 1.79. The summed E-state index contributed by atoms with van der Waals surface area (Å²) in [5.74, 6) is 0. The van der Waals surface area contributed by atoms with Crippen LogP contribution in [0.4, 0.5) is 0 Å². The van der Waals surface area contributed by atoms with Crippen LogP contribution in [-0.4, -0.2) is 4.73 Å². The fourth-order valence-electron chi connectivity index (χ4n) is 3.47. The first-order valence-corrected chi connectivity index (χ1v) is 10.4. The Labute approximate surface area is 185 Å². The number of halogens is 1. The number of fused-ring (bicyclic) bond motifs is 1. The zero-order chi connectivity index (χ0) is 22.2. The fraction of sp³-hybridized carbons (Fsp3) is 0.200. The summed E-state index contributed by atoms with van der Waals surface area (Å²) in [5.41, 5.74) is 2.62. The predicted molar refractivity (Wildman–Crippen MR) is 123 cm³/mol. The minimum atomic E-state index is -0.562. The molecule has 0 fully saturated rings. The summed E-state index contributed by atoms with van der Waals surface area (Å²) in [4.78, 5) is 19.2. The molecule has 6 heteroatoms. The summed E-state index contributed by atoms with van der Waals surface area (Å²) in [5, 5.41) is 13.4. The van der Waals surface area contributed by atoms with E-state index in [9.17, 15) is 10.0 Å². The molecule has 0 spiro atoms. The zero-order valence-electron chi connectivity index (χ0n) is 17.6. The zero-order valence-corrected chi connectivity index (χ0v) is 18.4. The van der Waals surface area contributed by atoms with E-state index < -0.39 is 5.56 Å². The van der Waals surface area contributed by atoms with Gasteiger partial charge in [0.05, 0.1) is 10.6 Å². The van der Waals surface area contributed by atoms with Crippen LogP contribution in [0.3, 0.4) is 0 Å². The van der Waals surface area contributed by atoms with Crippen molar-refractivity contribution in [1.82, 2.24) is 4.73 Å². The van der Waals surface area contributed by atoms with Crippen molar-refractivity contribution in [2.45, 2.75) is 32.8 Å². The van der Waals surface area contributed by atoms with Crippen LogP contribution in [0.2, 0.25) is 5.02 Å². The molecule has 0 unspecified atom stereocenters. The third-order valence-corrected chi connectivity index (χ3v) is 5.55. The van der Waals surface area contributed by atoms with Gasteiger partial charge in [0.1, 0.15) is 6.61 Å². The molecule has 0 aliphatic heterocycles. The molecule has 158 valence electrons. The van der Waals surface area contributed by atoms with Gasteiger partial charge in [0.15, 0.2) is 5.52 Å². The summed E-state index contributed by atoms with van der Waals surface area (Å²) >= 11 is 6.29. The first-order valence-electron chi connectivity index (χ1n) is 10.0. The lowest BCUT2D eigenvalue weighted by Crippen LogP contribution is -2.42. The molecule has 0 amide bonds. The standard InChI is InChI=1S/C25H23ClN2O3/c1-25(2,3)18-14-12-17(13-15-18)16-31-28-22-11-7-6-10-21(22)27(30)23(24(28)29)19-8-4-5-9-20(19)26/h4-15H,16H2,1-3H3. The quantitative estimate of drug-likeness (QED) is 0.339. The van der Waals surface area contributed by atoms with E-state index in [-0.39, 0.29) is 17.7 Å². The van der Waals surface area contributed by atoms with Crippen molar-refractivity contribution in [1.29, 1.82) is 0 Å². The number of benzene rings is 3. The Hall–Kier alpha value is -3.31. The van der Waals surface area contributed by atoms with Gasteiger partial charge in [-0.05, 0) is 34.7 Å². The van der Waals surface area contributed by atoms with Crippen molar-refractivity contribution in [3.05, 3.63) is 105 Å². The fourth-order valence-corrected chi connectivity index (χ4v) is 3.69. The van der Waals surface area contributed by atoms with E-state index in [1.807, 2.05) is 12.1 Å². The first kappa shape index (κ1) is 20.9. The Bertz CT molecular complexity index is 1310. The molecule has 3 aromatic carbocycles. The molecule has 0 bridgehead atoms. The van der Waals surface area contributed by atoms with Crippen molar-refractivity contribution in [2.75, 3.05) is 0 Å². The molecule has 1 aromatic heterocycles. The molecular weight excluding hydrogens is 412 g/mol. The largest absolute Gasteiger partial charge is 0.618 e. The monoisotopic (exact) mass is 434 g/mol. The van der Waals surface area contributed by atoms with E-state index in [0.29, 0.717) is 26.3 Å². The molecule has 0 saturated heterocycles. The molecule has 0 atom stereocenters. The van der Waals surface area contributed by atoms with Gasteiger partial charge in [-0.25, -0.2) is 0 Å². The van der Waals surface area contributed by atoms with Gasteiger partial charge in [-0.1, -0.05) is 80.9 Å². The van der Waals surface area contributed by atoms with Crippen LogP contribution in [0.1, 0.15) is 31.9 Å². The van der Waals surface area contributed by atoms with Crippen LogP contribution in [-0.2, 0) is 12.0 Å². The molecule has 0 radical (unpaired) electrons. The Kier molecular flexibility index (Phi) is 5.46. The van der Waals surface area contributed by atoms with Gasteiger partial charge in [0.25, 0.3) is 5.69 Å². The SMILES string of the molecule is CC(C)(C)c1ccc(COn2c(=O)c(-c3ccccc3Cl)[n+]([O-])c3ccccc32)cc1. The molecule has 0 aliphatic carbocycles. The van der Waals surface area contributed by atoms with E-state index in [4.69, 9.17) is 16.4 Å². The molecule has 0 N–H and O–H groups in total. The van der Waals surface area contributed by atoms with Crippen molar-refractivity contribution < 1.29 is 9.57 Å². The molecular formula is C25H23ClN2O3. The Morgan fingerprint density at radius 2 is 1.61 bits per heavy atom. The second-order valence-corrected chi connectivity index (χ2v) is 8.84. The summed E-state index contributed by atoms with van der Waals surface area (Å²) < 4.78 is 1.80. The molecule has 4 aromatic rings. The summed E-state index contributed by atoms with van der Waals surface area (Å²) in [6.07, 6.45) is 0. The third-order valence-electron chi connectivity index (χ3n) is 5.22. The van der Waals surface area contributed by atoms with Crippen LogP contribution in [0.25, 0.3) is 22.3 Å². The summed E-state index contributed by atoms with van der Waals surface area (Å²) in [6, 6.07) is 21.7. The highest BCUT2D eigenvalue weighted by Gasteiger charge is 2.25. The van der Waals surface area contributed by atoms with Crippen LogP contribution >= 0.6 is 11.6 Å². The lowest BCUT2D eigenvalue weighted by Gasteiger charge is -2.19. The van der Waals surface area contributed by atoms with E-state index in [2.05, 4.69) is 32.9 Å². The smallest absolute Gasteiger partial charge is 0.357 e. The van der Waals surface area contributed by atoms with Crippen molar-refractivity contribution in [3.8, 4) is 11.3 Å². The van der Waals surface area contributed by atoms with E-state index in [0.717, 1.165) is 5.56 Å². The van der Waals surface area contributed by atoms with E-state index in [1.54, 1.807) is 48.5 Å². The molecule has 4 rings (SSSR count).